The minimum absolute atomic E-state index is 0.343. The fourth-order valence-electron chi connectivity index (χ4n) is 2.01. The number of benzene rings is 3. The highest BCUT2D eigenvalue weighted by Gasteiger charge is 2.02. The molecule has 3 heteroatoms. The second-order valence-electron chi connectivity index (χ2n) is 4.33. The van der Waals surface area contributed by atoms with E-state index < -0.39 is 5.82 Å². The Morgan fingerprint density at radius 3 is 2.37 bits per heavy atom. The van der Waals surface area contributed by atoms with Crippen molar-refractivity contribution >= 4 is 16.5 Å². The van der Waals surface area contributed by atoms with E-state index in [9.17, 15) is 4.39 Å². The van der Waals surface area contributed by atoms with Gasteiger partial charge in [0.15, 0.2) is 0 Å². The zero-order chi connectivity index (χ0) is 13.2. The Morgan fingerprint density at radius 1 is 0.789 bits per heavy atom. The smallest absolute Gasteiger partial charge is 0.132 e. The number of rotatable bonds is 2. The second kappa shape index (κ2) is 4.61. The number of ether oxygens (including phenoxy) is 1. The number of nitrogens with two attached hydrogens (primary N) is 1. The van der Waals surface area contributed by atoms with Crippen LogP contribution in [0.2, 0.25) is 0 Å². The van der Waals surface area contributed by atoms with Crippen LogP contribution in [0.3, 0.4) is 0 Å². The first-order valence-corrected chi connectivity index (χ1v) is 5.93. The monoisotopic (exact) mass is 253 g/mol. The summed E-state index contributed by atoms with van der Waals surface area (Å²) < 4.78 is 18.9. The van der Waals surface area contributed by atoms with Gasteiger partial charge in [-0.05, 0) is 29.0 Å². The third-order valence-electron chi connectivity index (χ3n) is 2.85. The van der Waals surface area contributed by atoms with Crippen molar-refractivity contribution in [3.63, 3.8) is 0 Å². The highest BCUT2D eigenvalue weighted by atomic mass is 19.1. The largest absolute Gasteiger partial charge is 0.457 e. The number of hydrogen-bond acceptors (Lipinski definition) is 2. The van der Waals surface area contributed by atoms with Crippen molar-refractivity contribution in [3.8, 4) is 11.5 Å². The normalized spacial score (nSPS) is 10.6. The number of nitrogen functional groups attached to an aromatic ring is 1. The van der Waals surface area contributed by atoms with E-state index in [4.69, 9.17) is 10.5 Å². The van der Waals surface area contributed by atoms with Gasteiger partial charge in [0.25, 0.3) is 0 Å². The molecule has 0 saturated carbocycles. The molecule has 0 spiro atoms. The average molecular weight is 253 g/mol. The van der Waals surface area contributed by atoms with Gasteiger partial charge >= 0.3 is 0 Å². The van der Waals surface area contributed by atoms with Crippen molar-refractivity contribution in [3.05, 3.63) is 66.5 Å². The zero-order valence-corrected chi connectivity index (χ0v) is 10.1. The second-order valence-corrected chi connectivity index (χ2v) is 4.33. The molecule has 0 fully saturated rings. The summed E-state index contributed by atoms with van der Waals surface area (Å²) in [5.41, 5.74) is 5.93. The molecule has 0 heterocycles. The summed E-state index contributed by atoms with van der Waals surface area (Å²) in [5.74, 6) is 0.646. The highest BCUT2D eigenvalue weighted by Crippen LogP contribution is 2.27. The Bertz CT molecular complexity index is 719. The standard InChI is InChI=1S/C16H12FNO/c17-13-8-14(18)10-16(9-13)19-15-6-5-11-3-1-2-4-12(11)7-15/h1-10H,18H2. The molecular formula is C16H12FNO. The predicted molar refractivity (Wildman–Crippen MR) is 74.8 cm³/mol. The van der Waals surface area contributed by atoms with Crippen LogP contribution in [0.25, 0.3) is 10.8 Å². The first-order valence-electron chi connectivity index (χ1n) is 5.93. The van der Waals surface area contributed by atoms with Gasteiger partial charge in [0.1, 0.15) is 17.3 Å². The topological polar surface area (TPSA) is 35.2 Å². The molecule has 0 unspecified atom stereocenters. The lowest BCUT2D eigenvalue weighted by Crippen LogP contribution is -1.90. The molecule has 0 radical (unpaired) electrons. The summed E-state index contributed by atoms with van der Waals surface area (Å²) >= 11 is 0. The molecule has 3 aromatic rings. The summed E-state index contributed by atoms with van der Waals surface area (Å²) in [6.07, 6.45) is 0. The maximum atomic E-state index is 13.2. The van der Waals surface area contributed by atoms with E-state index in [-0.39, 0.29) is 0 Å². The molecule has 0 aliphatic heterocycles. The van der Waals surface area contributed by atoms with Gasteiger partial charge < -0.3 is 10.5 Å². The quantitative estimate of drug-likeness (QED) is 0.689. The van der Waals surface area contributed by atoms with Gasteiger partial charge in [-0.1, -0.05) is 30.3 Å². The molecule has 0 saturated heterocycles. The van der Waals surface area contributed by atoms with Gasteiger partial charge in [-0.3, -0.25) is 0 Å². The minimum atomic E-state index is -0.407. The molecule has 0 atom stereocenters. The molecule has 0 bridgehead atoms. The van der Waals surface area contributed by atoms with Crippen LogP contribution in [-0.4, -0.2) is 0 Å². The van der Waals surface area contributed by atoms with E-state index in [0.29, 0.717) is 17.2 Å². The third-order valence-corrected chi connectivity index (χ3v) is 2.85. The molecule has 0 aliphatic carbocycles. The van der Waals surface area contributed by atoms with Crippen LogP contribution in [0, 0.1) is 5.82 Å². The van der Waals surface area contributed by atoms with Crippen LogP contribution >= 0.6 is 0 Å². The van der Waals surface area contributed by atoms with Gasteiger partial charge in [0.2, 0.25) is 0 Å². The van der Waals surface area contributed by atoms with E-state index >= 15 is 0 Å². The van der Waals surface area contributed by atoms with E-state index in [1.807, 2.05) is 42.5 Å². The maximum Gasteiger partial charge on any atom is 0.132 e. The van der Waals surface area contributed by atoms with Crippen molar-refractivity contribution < 1.29 is 9.13 Å². The van der Waals surface area contributed by atoms with Crippen LogP contribution in [0.5, 0.6) is 11.5 Å². The number of hydrogen-bond donors (Lipinski definition) is 1. The molecule has 0 aliphatic rings. The maximum absolute atomic E-state index is 13.2. The van der Waals surface area contributed by atoms with Crippen LogP contribution in [-0.2, 0) is 0 Å². The van der Waals surface area contributed by atoms with Crippen molar-refractivity contribution in [1.82, 2.24) is 0 Å². The highest BCUT2D eigenvalue weighted by molar-refractivity contribution is 5.83. The number of fused-ring (bicyclic) bond motifs is 1. The van der Waals surface area contributed by atoms with Gasteiger partial charge in [0, 0.05) is 17.8 Å². The van der Waals surface area contributed by atoms with Gasteiger partial charge in [-0.15, -0.1) is 0 Å². The fraction of sp³-hybridized carbons (Fsp3) is 0. The molecule has 2 N–H and O–H groups in total. The van der Waals surface area contributed by atoms with Gasteiger partial charge in [0.05, 0.1) is 0 Å². The molecule has 0 amide bonds. The van der Waals surface area contributed by atoms with E-state index in [2.05, 4.69) is 0 Å². The molecule has 0 aromatic heterocycles. The summed E-state index contributed by atoms with van der Waals surface area (Å²) in [6, 6.07) is 17.9. The summed E-state index contributed by atoms with van der Waals surface area (Å²) in [7, 11) is 0. The van der Waals surface area contributed by atoms with E-state index in [1.165, 1.54) is 12.1 Å². The van der Waals surface area contributed by atoms with Gasteiger partial charge in [-0.25, -0.2) is 4.39 Å². The Morgan fingerprint density at radius 2 is 1.58 bits per heavy atom. The molecule has 2 nitrogen and oxygen atoms in total. The lowest BCUT2D eigenvalue weighted by molar-refractivity contribution is 0.478. The number of halogens is 1. The van der Waals surface area contributed by atoms with Crippen LogP contribution < -0.4 is 10.5 Å². The summed E-state index contributed by atoms with van der Waals surface area (Å²) in [6.45, 7) is 0. The molecule has 19 heavy (non-hydrogen) atoms. The first kappa shape index (κ1) is 11.5. The Kier molecular flexibility index (Phi) is 2.80. The Labute approximate surface area is 110 Å². The third kappa shape index (κ3) is 2.50. The fourth-order valence-corrected chi connectivity index (χ4v) is 2.01. The Hall–Kier alpha value is -2.55. The van der Waals surface area contributed by atoms with Crippen LogP contribution in [0.4, 0.5) is 10.1 Å². The van der Waals surface area contributed by atoms with Crippen LogP contribution in [0.15, 0.2) is 60.7 Å². The minimum Gasteiger partial charge on any atom is -0.457 e. The van der Waals surface area contributed by atoms with Crippen molar-refractivity contribution in [1.29, 1.82) is 0 Å². The molecule has 3 aromatic carbocycles. The first-order chi connectivity index (χ1) is 9.20. The van der Waals surface area contributed by atoms with Crippen molar-refractivity contribution in [2.24, 2.45) is 0 Å². The lowest BCUT2D eigenvalue weighted by atomic mass is 10.1. The predicted octanol–water partition coefficient (Wildman–Crippen LogP) is 4.35. The molecule has 94 valence electrons. The lowest BCUT2D eigenvalue weighted by Gasteiger charge is -2.07. The molecule has 3 rings (SSSR count). The van der Waals surface area contributed by atoms with Crippen molar-refractivity contribution in [2.75, 3.05) is 5.73 Å². The average Bonchev–Trinajstić information content (AvgIpc) is 2.37. The molecular weight excluding hydrogens is 241 g/mol. The van der Waals surface area contributed by atoms with Crippen LogP contribution in [0.1, 0.15) is 0 Å². The number of anilines is 1. The van der Waals surface area contributed by atoms with E-state index in [0.717, 1.165) is 10.8 Å². The van der Waals surface area contributed by atoms with Gasteiger partial charge in [-0.2, -0.15) is 0 Å². The zero-order valence-electron chi connectivity index (χ0n) is 10.1. The summed E-state index contributed by atoms with van der Waals surface area (Å²) in [5, 5.41) is 2.21. The Balaban J connectivity index is 1.96. The van der Waals surface area contributed by atoms with E-state index in [1.54, 1.807) is 6.07 Å². The van der Waals surface area contributed by atoms with Crippen molar-refractivity contribution in [2.45, 2.75) is 0 Å². The SMILES string of the molecule is Nc1cc(F)cc(Oc2ccc3ccccc3c2)c1. The summed E-state index contributed by atoms with van der Waals surface area (Å²) in [4.78, 5) is 0.